The number of rotatable bonds is 3. The molecule has 1 aromatic rings. The molecule has 1 saturated carbocycles. The highest BCUT2D eigenvalue weighted by Gasteiger charge is 2.44. The molecule has 3 heteroatoms. The van der Waals surface area contributed by atoms with Gasteiger partial charge in [0.25, 0.3) is 0 Å². The van der Waals surface area contributed by atoms with Crippen LogP contribution < -0.4 is 5.32 Å². The molecule has 90 valence electrons. The monoisotopic (exact) mass is 238 g/mol. The summed E-state index contributed by atoms with van der Waals surface area (Å²) in [7, 11) is 2.10. The van der Waals surface area contributed by atoms with Gasteiger partial charge in [-0.2, -0.15) is 0 Å². The Labute approximate surface area is 102 Å². The summed E-state index contributed by atoms with van der Waals surface area (Å²) < 4.78 is 0. The van der Waals surface area contributed by atoms with E-state index in [1.807, 2.05) is 11.3 Å². The standard InChI is InChI=1S/C13H22N2S/c1-5-11-7-6-8-13(11,14-4)12-15-9(2)10(3)16-12/h11,14H,5-8H2,1-4H3. The number of aryl methyl sites for hydroxylation is 2. The van der Waals surface area contributed by atoms with E-state index in [1.54, 1.807) is 0 Å². The molecule has 2 atom stereocenters. The molecule has 0 saturated heterocycles. The first-order chi connectivity index (χ1) is 7.64. The van der Waals surface area contributed by atoms with Crippen LogP contribution in [0.3, 0.4) is 0 Å². The molecule has 0 spiro atoms. The molecule has 0 aromatic carbocycles. The van der Waals surface area contributed by atoms with E-state index in [-0.39, 0.29) is 5.54 Å². The molecule has 1 aliphatic rings. The van der Waals surface area contributed by atoms with Crippen LogP contribution in [0.2, 0.25) is 0 Å². The normalized spacial score (nSPS) is 29.9. The molecule has 0 bridgehead atoms. The molecule has 1 aromatic heterocycles. The Morgan fingerprint density at radius 1 is 1.50 bits per heavy atom. The van der Waals surface area contributed by atoms with E-state index in [9.17, 15) is 0 Å². The van der Waals surface area contributed by atoms with Gasteiger partial charge in [0.15, 0.2) is 0 Å². The zero-order chi connectivity index (χ0) is 11.8. The van der Waals surface area contributed by atoms with E-state index in [0.717, 1.165) is 5.92 Å². The summed E-state index contributed by atoms with van der Waals surface area (Å²) in [5.41, 5.74) is 1.37. The Kier molecular flexibility index (Phi) is 3.36. The molecular weight excluding hydrogens is 216 g/mol. The van der Waals surface area contributed by atoms with Crippen molar-refractivity contribution < 1.29 is 0 Å². The van der Waals surface area contributed by atoms with Crippen molar-refractivity contribution in [2.24, 2.45) is 5.92 Å². The van der Waals surface area contributed by atoms with E-state index >= 15 is 0 Å². The zero-order valence-electron chi connectivity index (χ0n) is 10.8. The largest absolute Gasteiger partial charge is 0.308 e. The van der Waals surface area contributed by atoms with Gasteiger partial charge in [-0.25, -0.2) is 4.98 Å². The number of hydrogen-bond acceptors (Lipinski definition) is 3. The van der Waals surface area contributed by atoms with Crippen molar-refractivity contribution in [2.75, 3.05) is 7.05 Å². The summed E-state index contributed by atoms with van der Waals surface area (Å²) >= 11 is 1.88. The van der Waals surface area contributed by atoms with Gasteiger partial charge in [0.05, 0.1) is 11.2 Å². The van der Waals surface area contributed by atoms with Gasteiger partial charge in [-0.1, -0.05) is 19.8 Å². The van der Waals surface area contributed by atoms with Crippen molar-refractivity contribution in [1.82, 2.24) is 10.3 Å². The van der Waals surface area contributed by atoms with Crippen LogP contribution >= 0.6 is 11.3 Å². The SMILES string of the molecule is CCC1CCCC1(NC)c1nc(C)c(C)s1. The molecule has 2 unspecified atom stereocenters. The Bertz CT molecular complexity index is 353. The van der Waals surface area contributed by atoms with Crippen molar-refractivity contribution in [3.05, 3.63) is 15.6 Å². The van der Waals surface area contributed by atoms with Gasteiger partial charge < -0.3 is 5.32 Å². The maximum atomic E-state index is 4.79. The highest BCUT2D eigenvalue weighted by atomic mass is 32.1. The third-order valence-corrected chi connectivity index (χ3v) is 5.42. The van der Waals surface area contributed by atoms with Crippen LogP contribution in [-0.2, 0) is 5.54 Å². The maximum Gasteiger partial charge on any atom is 0.114 e. The second-order valence-electron chi connectivity index (χ2n) is 4.88. The van der Waals surface area contributed by atoms with Crippen molar-refractivity contribution in [2.45, 2.75) is 52.0 Å². The number of aromatic nitrogens is 1. The molecule has 1 fully saturated rings. The van der Waals surface area contributed by atoms with Gasteiger partial charge in [0.1, 0.15) is 5.01 Å². The number of thiazole rings is 1. The van der Waals surface area contributed by atoms with Gasteiger partial charge in [-0.05, 0) is 39.7 Å². The summed E-state index contributed by atoms with van der Waals surface area (Å²) in [6.45, 7) is 6.60. The summed E-state index contributed by atoms with van der Waals surface area (Å²) in [6.07, 6.45) is 5.17. The van der Waals surface area contributed by atoms with Crippen molar-refractivity contribution in [1.29, 1.82) is 0 Å². The van der Waals surface area contributed by atoms with Crippen LogP contribution in [0.4, 0.5) is 0 Å². The van der Waals surface area contributed by atoms with E-state index in [4.69, 9.17) is 4.98 Å². The van der Waals surface area contributed by atoms with Gasteiger partial charge in [0, 0.05) is 4.88 Å². The predicted molar refractivity (Wildman–Crippen MR) is 70.0 cm³/mol. The molecule has 0 radical (unpaired) electrons. The molecule has 2 rings (SSSR count). The molecule has 0 aliphatic heterocycles. The topological polar surface area (TPSA) is 24.9 Å². The Balaban J connectivity index is 2.40. The Morgan fingerprint density at radius 2 is 2.25 bits per heavy atom. The van der Waals surface area contributed by atoms with E-state index in [0.29, 0.717) is 0 Å². The molecule has 1 N–H and O–H groups in total. The highest BCUT2D eigenvalue weighted by molar-refractivity contribution is 7.11. The molecule has 2 nitrogen and oxygen atoms in total. The number of hydrogen-bond donors (Lipinski definition) is 1. The fourth-order valence-corrected chi connectivity index (χ4v) is 4.23. The maximum absolute atomic E-state index is 4.79. The Hall–Kier alpha value is -0.410. The minimum Gasteiger partial charge on any atom is -0.308 e. The van der Waals surface area contributed by atoms with Crippen LogP contribution in [0, 0.1) is 19.8 Å². The fraction of sp³-hybridized carbons (Fsp3) is 0.769. The molecule has 0 amide bonds. The lowest BCUT2D eigenvalue weighted by molar-refractivity contribution is 0.257. The number of nitrogens with zero attached hydrogens (tertiary/aromatic N) is 1. The average molecular weight is 238 g/mol. The number of nitrogens with one attached hydrogen (secondary N) is 1. The second kappa shape index (κ2) is 4.46. The smallest absolute Gasteiger partial charge is 0.114 e. The molecular formula is C13H22N2S. The fourth-order valence-electron chi connectivity index (χ4n) is 3.01. The lowest BCUT2D eigenvalue weighted by atomic mass is 9.86. The van der Waals surface area contributed by atoms with Crippen LogP contribution in [-0.4, -0.2) is 12.0 Å². The summed E-state index contributed by atoms with van der Waals surface area (Å²) in [4.78, 5) is 6.16. The lowest BCUT2D eigenvalue weighted by Gasteiger charge is -2.33. The zero-order valence-corrected chi connectivity index (χ0v) is 11.6. The van der Waals surface area contributed by atoms with Crippen molar-refractivity contribution in [3.8, 4) is 0 Å². The molecule has 1 aliphatic carbocycles. The first kappa shape index (κ1) is 12.1. The average Bonchev–Trinajstić information content (AvgIpc) is 2.84. The van der Waals surface area contributed by atoms with E-state index in [2.05, 4.69) is 33.1 Å². The van der Waals surface area contributed by atoms with Crippen LogP contribution in [0.15, 0.2) is 0 Å². The predicted octanol–water partition coefficient (Wildman–Crippen LogP) is 3.38. The van der Waals surface area contributed by atoms with Crippen LogP contribution in [0.25, 0.3) is 0 Å². The summed E-state index contributed by atoms with van der Waals surface area (Å²) in [6, 6.07) is 0. The van der Waals surface area contributed by atoms with E-state index in [1.165, 1.54) is 41.3 Å². The second-order valence-corrected chi connectivity index (χ2v) is 6.08. The van der Waals surface area contributed by atoms with Gasteiger partial charge in [0.2, 0.25) is 0 Å². The third-order valence-electron chi connectivity index (χ3n) is 4.17. The first-order valence-electron chi connectivity index (χ1n) is 6.27. The minimum atomic E-state index is 0.165. The van der Waals surface area contributed by atoms with Crippen molar-refractivity contribution >= 4 is 11.3 Å². The highest BCUT2D eigenvalue weighted by Crippen LogP contribution is 2.46. The lowest BCUT2D eigenvalue weighted by Crippen LogP contribution is -2.43. The first-order valence-corrected chi connectivity index (χ1v) is 7.09. The van der Waals surface area contributed by atoms with Gasteiger partial charge in [-0.3, -0.25) is 0 Å². The van der Waals surface area contributed by atoms with Crippen LogP contribution in [0.1, 0.15) is 48.2 Å². The third kappa shape index (κ3) is 1.70. The molecule has 1 heterocycles. The molecule has 16 heavy (non-hydrogen) atoms. The van der Waals surface area contributed by atoms with E-state index < -0.39 is 0 Å². The quantitative estimate of drug-likeness (QED) is 0.873. The summed E-state index contributed by atoms with van der Waals surface area (Å²) in [5.74, 6) is 0.752. The van der Waals surface area contributed by atoms with Gasteiger partial charge in [-0.15, -0.1) is 11.3 Å². The minimum absolute atomic E-state index is 0.165. The Morgan fingerprint density at radius 3 is 2.75 bits per heavy atom. The summed E-state index contributed by atoms with van der Waals surface area (Å²) in [5, 5.41) is 4.90. The van der Waals surface area contributed by atoms with Crippen LogP contribution in [0.5, 0.6) is 0 Å². The van der Waals surface area contributed by atoms with Crippen molar-refractivity contribution in [3.63, 3.8) is 0 Å². The van der Waals surface area contributed by atoms with Gasteiger partial charge >= 0.3 is 0 Å².